The summed E-state index contributed by atoms with van der Waals surface area (Å²) in [5.41, 5.74) is -0.561. The van der Waals surface area contributed by atoms with Gasteiger partial charge in [0.1, 0.15) is 23.9 Å². The van der Waals surface area contributed by atoms with E-state index in [-0.39, 0.29) is 23.9 Å². The molecule has 4 atom stereocenters. The molecule has 0 aliphatic heterocycles. The summed E-state index contributed by atoms with van der Waals surface area (Å²) in [6.45, 7) is 23.0. The third-order valence-corrected chi connectivity index (χ3v) is 11.7. The summed E-state index contributed by atoms with van der Waals surface area (Å²) < 4.78 is 49.7. The maximum Gasteiger partial charge on any atom is 0.531 e. The van der Waals surface area contributed by atoms with Gasteiger partial charge in [-0.05, 0) is 68.2 Å². The Morgan fingerprint density at radius 3 is 0.943 bits per heavy atom. The average Bonchev–Trinajstić information content (AvgIpc) is 2.79. The van der Waals surface area contributed by atoms with Gasteiger partial charge in [-0.2, -0.15) is 0 Å². The SMILES string of the molecule is CCCC(OC(C)NC(C)OC(CCC)[Si](OCC)(OCC)OCC)[Si](OCC)(OCC)OCC. The van der Waals surface area contributed by atoms with Crippen LogP contribution >= 0.6 is 0 Å². The second kappa shape index (κ2) is 20.1. The fraction of sp³-hybridized carbons (Fsp3) is 1.00. The molecule has 0 aromatic carbocycles. The molecule has 0 aromatic rings. The van der Waals surface area contributed by atoms with Crippen molar-refractivity contribution in [2.45, 2.75) is 119 Å². The van der Waals surface area contributed by atoms with Gasteiger partial charge in [0.05, 0.1) is 0 Å². The zero-order chi connectivity index (χ0) is 26.7. The Morgan fingerprint density at radius 1 is 0.486 bits per heavy atom. The van der Waals surface area contributed by atoms with Gasteiger partial charge in [-0.15, -0.1) is 0 Å². The van der Waals surface area contributed by atoms with E-state index in [0.29, 0.717) is 39.6 Å². The first-order chi connectivity index (χ1) is 16.8. The minimum absolute atomic E-state index is 0.280. The second-order valence-corrected chi connectivity index (χ2v) is 13.5. The molecule has 0 aromatic heterocycles. The maximum absolute atomic E-state index is 6.47. The number of nitrogens with one attached hydrogen (secondary N) is 1. The van der Waals surface area contributed by atoms with Crippen LogP contribution in [0, 0.1) is 0 Å². The molecule has 0 fully saturated rings. The van der Waals surface area contributed by atoms with Crippen LogP contribution in [-0.4, -0.2) is 81.2 Å². The Morgan fingerprint density at radius 2 is 0.743 bits per heavy atom. The normalized spacial score (nSPS) is 16.3. The molecule has 0 radical (unpaired) electrons. The minimum Gasteiger partial charge on any atom is -0.372 e. The molecule has 0 heterocycles. The van der Waals surface area contributed by atoms with E-state index in [1.807, 2.05) is 55.4 Å². The van der Waals surface area contributed by atoms with E-state index in [2.05, 4.69) is 19.2 Å². The van der Waals surface area contributed by atoms with Crippen molar-refractivity contribution in [2.75, 3.05) is 39.6 Å². The van der Waals surface area contributed by atoms with Crippen LogP contribution in [-0.2, 0) is 36.0 Å². The molecule has 0 amide bonds. The molecule has 0 rings (SSSR count). The molecule has 1 N–H and O–H groups in total. The van der Waals surface area contributed by atoms with Crippen molar-refractivity contribution in [3.63, 3.8) is 0 Å². The highest BCUT2D eigenvalue weighted by molar-refractivity contribution is 6.62. The maximum atomic E-state index is 6.47. The summed E-state index contributed by atoms with van der Waals surface area (Å²) in [6.07, 6.45) is 2.77. The molecule has 212 valence electrons. The highest BCUT2D eigenvalue weighted by Crippen LogP contribution is 2.25. The van der Waals surface area contributed by atoms with Gasteiger partial charge in [0.2, 0.25) is 0 Å². The van der Waals surface area contributed by atoms with Crippen LogP contribution in [0.4, 0.5) is 0 Å². The summed E-state index contributed by atoms with van der Waals surface area (Å²) in [5.74, 6) is 0. The largest absolute Gasteiger partial charge is 0.531 e. The van der Waals surface area contributed by atoms with Gasteiger partial charge in [-0.3, -0.25) is 5.32 Å². The zero-order valence-corrected chi connectivity index (χ0v) is 26.1. The van der Waals surface area contributed by atoms with Gasteiger partial charge in [0, 0.05) is 39.6 Å². The van der Waals surface area contributed by atoms with Crippen molar-refractivity contribution in [1.29, 1.82) is 0 Å². The Kier molecular flexibility index (Phi) is 20.1. The lowest BCUT2D eigenvalue weighted by atomic mass is 10.3. The molecule has 0 bridgehead atoms. The van der Waals surface area contributed by atoms with Crippen LogP contribution in [0.3, 0.4) is 0 Å². The fourth-order valence-electron chi connectivity index (χ4n) is 4.10. The van der Waals surface area contributed by atoms with Crippen molar-refractivity contribution in [1.82, 2.24) is 5.32 Å². The van der Waals surface area contributed by atoms with Crippen LogP contribution < -0.4 is 5.32 Å². The number of ether oxygens (including phenoxy) is 2. The Balaban J connectivity index is 5.56. The predicted octanol–water partition coefficient (Wildman–Crippen LogP) is 4.81. The van der Waals surface area contributed by atoms with Crippen LogP contribution in [0.15, 0.2) is 0 Å². The topological polar surface area (TPSA) is 85.9 Å². The standard InChI is InChI=1S/C24H55NO8Si2/c1-11-19-23(34(26-13-3,27-14-4)28-15-5)32-21(9)25-22(10)33-24(20-12-2)35(29-16-6,30-17-7)31-18-8/h21-25H,11-20H2,1-10H3. The first kappa shape index (κ1) is 35.1. The monoisotopic (exact) mass is 541 g/mol. The molecule has 0 aliphatic rings. The first-order valence-corrected chi connectivity index (χ1v) is 17.3. The lowest BCUT2D eigenvalue weighted by Gasteiger charge is -2.38. The summed E-state index contributed by atoms with van der Waals surface area (Å²) in [4.78, 5) is 0. The van der Waals surface area contributed by atoms with E-state index >= 15 is 0 Å². The molecule has 9 nitrogen and oxygen atoms in total. The molecular weight excluding hydrogens is 486 g/mol. The predicted molar refractivity (Wildman–Crippen MR) is 143 cm³/mol. The summed E-state index contributed by atoms with van der Waals surface area (Å²) >= 11 is 0. The Labute approximate surface area is 217 Å². The molecule has 0 saturated heterocycles. The molecular formula is C24H55NO8Si2. The van der Waals surface area contributed by atoms with Crippen LogP contribution in [0.5, 0.6) is 0 Å². The number of rotatable bonds is 24. The average molecular weight is 542 g/mol. The number of hydrogen-bond acceptors (Lipinski definition) is 9. The molecule has 0 aliphatic carbocycles. The first-order valence-electron chi connectivity index (χ1n) is 13.7. The lowest BCUT2D eigenvalue weighted by Crippen LogP contribution is -2.61. The minimum atomic E-state index is -3.02. The van der Waals surface area contributed by atoms with Gasteiger partial charge < -0.3 is 36.0 Å². The van der Waals surface area contributed by atoms with Gasteiger partial charge in [0.15, 0.2) is 0 Å². The van der Waals surface area contributed by atoms with Crippen molar-refractivity contribution < 1.29 is 36.0 Å². The Hall–Kier alpha value is 0.0738. The molecule has 35 heavy (non-hydrogen) atoms. The highest BCUT2D eigenvalue weighted by Gasteiger charge is 2.52. The van der Waals surface area contributed by atoms with Gasteiger partial charge >= 0.3 is 17.6 Å². The van der Waals surface area contributed by atoms with Crippen LogP contribution in [0.25, 0.3) is 0 Å². The Bertz CT molecular complexity index is 430. The van der Waals surface area contributed by atoms with E-state index in [9.17, 15) is 0 Å². The third-order valence-electron chi connectivity index (χ3n) is 5.17. The van der Waals surface area contributed by atoms with E-state index in [4.69, 9.17) is 36.0 Å². The van der Waals surface area contributed by atoms with E-state index in [1.165, 1.54) is 0 Å². The summed E-state index contributed by atoms with van der Waals surface area (Å²) in [6, 6.07) is 0. The fourth-order valence-corrected chi connectivity index (χ4v) is 10.2. The molecule has 0 saturated carbocycles. The molecule has 11 heteroatoms. The summed E-state index contributed by atoms with van der Waals surface area (Å²) in [5, 5.41) is 3.42. The second-order valence-electron chi connectivity index (χ2n) is 8.08. The van der Waals surface area contributed by atoms with Crippen LogP contribution in [0.1, 0.15) is 94.9 Å². The van der Waals surface area contributed by atoms with Gasteiger partial charge in [-0.1, -0.05) is 26.7 Å². The van der Waals surface area contributed by atoms with Crippen molar-refractivity contribution >= 4 is 17.6 Å². The van der Waals surface area contributed by atoms with Crippen molar-refractivity contribution in [3.05, 3.63) is 0 Å². The third kappa shape index (κ3) is 12.0. The van der Waals surface area contributed by atoms with Crippen molar-refractivity contribution in [2.24, 2.45) is 0 Å². The van der Waals surface area contributed by atoms with Gasteiger partial charge in [0.25, 0.3) is 0 Å². The van der Waals surface area contributed by atoms with Crippen LogP contribution in [0.2, 0.25) is 0 Å². The van der Waals surface area contributed by atoms with E-state index in [0.717, 1.165) is 25.7 Å². The smallest absolute Gasteiger partial charge is 0.372 e. The zero-order valence-electron chi connectivity index (χ0n) is 24.1. The lowest BCUT2D eigenvalue weighted by molar-refractivity contribution is -0.0944. The summed E-state index contributed by atoms with van der Waals surface area (Å²) in [7, 11) is -6.05. The van der Waals surface area contributed by atoms with E-state index in [1.54, 1.807) is 0 Å². The molecule has 0 spiro atoms. The highest BCUT2D eigenvalue weighted by atomic mass is 28.4. The quantitative estimate of drug-likeness (QED) is 0.137. The van der Waals surface area contributed by atoms with Gasteiger partial charge in [-0.25, -0.2) is 0 Å². The molecule has 4 unspecified atom stereocenters. The number of hydrogen-bond donors (Lipinski definition) is 1. The van der Waals surface area contributed by atoms with E-state index < -0.39 is 17.6 Å². The van der Waals surface area contributed by atoms with Crippen molar-refractivity contribution in [3.8, 4) is 0 Å².